The van der Waals surface area contributed by atoms with Crippen LogP contribution in [-0.4, -0.2) is 19.4 Å². The lowest BCUT2D eigenvalue weighted by Crippen LogP contribution is -2.29. The van der Waals surface area contributed by atoms with Gasteiger partial charge in [-0.1, -0.05) is 12.8 Å². The number of hydrogen-bond acceptors (Lipinski definition) is 2. The second-order valence-electron chi connectivity index (χ2n) is 4.78. The SMILES string of the molecule is CN(CC(=O)C1CCCC1)c1ccc(F)cc1. The van der Waals surface area contributed by atoms with Gasteiger partial charge < -0.3 is 4.90 Å². The molecule has 3 heteroatoms. The van der Waals surface area contributed by atoms with Gasteiger partial charge in [0.15, 0.2) is 5.78 Å². The van der Waals surface area contributed by atoms with Gasteiger partial charge in [0.2, 0.25) is 0 Å². The molecule has 0 aromatic heterocycles. The highest BCUT2D eigenvalue weighted by atomic mass is 19.1. The Morgan fingerprint density at radius 3 is 2.47 bits per heavy atom. The van der Waals surface area contributed by atoms with Gasteiger partial charge in [-0.3, -0.25) is 4.79 Å². The van der Waals surface area contributed by atoms with Crippen LogP contribution in [0.5, 0.6) is 0 Å². The van der Waals surface area contributed by atoms with Gasteiger partial charge in [0, 0.05) is 18.7 Å². The van der Waals surface area contributed by atoms with Crippen molar-refractivity contribution >= 4 is 11.5 Å². The molecule has 0 saturated heterocycles. The number of benzene rings is 1. The first-order valence-electron chi connectivity index (χ1n) is 6.16. The lowest BCUT2D eigenvalue weighted by Gasteiger charge is -2.20. The summed E-state index contributed by atoms with van der Waals surface area (Å²) in [6.07, 6.45) is 4.43. The summed E-state index contributed by atoms with van der Waals surface area (Å²) in [5.41, 5.74) is 0.887. The van der Waals surface area contributed by atoms with Crippen LogP contribution in [0, 0.1) is 11.7 Å². The maximum atomic E-state index is 12.8. The molecular formula is C14H18FNO. The van der Waals surface area contributed by atoms with Gasteiger partial charge in [0.1, 0.15) is 5.82 Å². The van der Waals surface area contributed by atoms with Gasteiger partial charge in [-0.05, 0) is 37.1 Å². The summed E-state index contributed by atoms with van der Waals surface area (Å²) in [4.78, 5) is 13.9. The molecule has 0 heterocycles. The van der Waals surface area contributed by atoms with Gasteiger partial charge >= 0.3 is 0 Å². The van der Waals surface area contributed by atoms with E-state index in [9.17, 15) is 9.18 Å². The molecule has 0 atom stereocenters. The molecule has 0 spiro atoms. The average Bonchev–Trinajstić information content (AvgIpc) is 2.83. The van der Waals surface area contributed by atoms with Crippen LogP contribution in [0.1, 0.15) is 25.7 Å². The number of anilines is 1. The third-order valence-corrected chi connectivity index (χ3v) is 3.47. The van der Waals surface area contributed by atoms with E-state index in [0.29, 0.717) is 12.3 Å². The predicted molar refractivity (Wildman–Crippen MR) is 66.6 cm³/mol. The van der Waals surface area contributed by atoms with E-state index in [0.717, 1.165) is 18.5 Å². The van der Waals surface area contributed by atoms with Crippen molar-refractivity contribution in [2.45, 2.75) is 25.7 Å². The number of halogens is 1. The third-order valence-electron chi connectivity index (χ3n) is 3.47. The smallest absolute Gasteiger partial charge is 0.155 e. The van der Waals surface area contributed by atoms with E-state index in [4.69, 9.17) is 0 Å². The van der Waals surface area contributed by atoms with Crippen LogP contribution in [0.2, 0.25) is 0 Å². The Labute approximate surface area is 101 Å². The molecule has 1 aromatic rings. The average molecular weight is 235 g/mol. The molecule has 17 heavy (non-hydrogen) atoms. The second-order valence-corrected chi connectivity index (χ2v) is 4.78. The molecule has 1 fully saturated rings. The van der Waals surface area contributed by atoms with E-state index < -0.39 is 0 Å². The van der Waals surface area contributed by atoms with Crippen LogP contribution < -0.4 is 4.90 Å². The Balaban J connectivity index is 1.93. The van der Waals surface area contributed by atoms with Crippen molar-refractivity contribution in [1.82, 2.24) is 0 Å². The van der Waals surface area contributed by atoms with Crippen molar-refractivity contribution in [1.29, 1.82) is 0 Å². The Morgan fingerprint density at radius 1 is 1.29 bits per heavy atom. The minimum absolute atomic E-state index is 0.246. The largest absolute Gasteiger partial charge is 0.367 e. The summed E-state index contributed by atoms with van der Waals surface area (Å²) in [5, 5.41) is 0. The fourth-order valence-corrected chi connectivity index (χ4v) is 2.40. The number of carbonyl (C=O) groups excluding carboxylic acids is 1. The minimum Gasteiger partial charge on any atom is -0.367 e. The minimum atomic E-state index is -0.246. The lowest BCUT2D eigenvalue weighted by atomic mass is 10.0. The van der Waals surface area contributed by atoms with Crippen molar-refractivity contribution in [3.8, 4) is 0 Å². The molecular weight excluding hydrogens is 217 g/mol. The molecule has 0 bridgehead atoms. The number of Topliss-reactive ketones (excluding diaryl/α,β-unsaturated/α-hetero) is 1. The standard InChI is InChI=1S/C14H18FNO/c1-16(13-8-6-12(15)7-9-13)10-14(17)11-4-2-3-5-11/h6-9,11H,2-5,10H2,1H3. The fraction of sp³-hybridized carbons (Fsp3) is 0.500. The van der Waals surface area contributed by atoms with Crippen LogP contribution in [0.25, 0.3) is 0 Å². The molecule has 2 nitrogen and oxygen atoms in total. The Bertz CT molecular complexity index is 382. The maximum absolute atomic E-state index is 12.8. The quantitative estimate of drug-likeness (QED) is 0.799. The first kappa shape index (κ1) is 12.1. The molecule has 0 amide bonds. The fourth-order valence-electron chi connectivity index (χ4n) is 2.40. The molecule has 1 aliphatic carbocycles. The zero-order chi connectivity index (χ0) is 12.3. The Kier molecular flexibility index (Phi) is 3.77. The summed E-state index contributed by atoms with van der Waals surface area (Å²) >= 11 is 0. The number of nitrogens with zero attached hydrogens (tertiary/aromatic N) is 1. The summed E-state index contributed by atoms with van der Waals surface area (Å²) in [6.45, 7) is 0.427. The molecule has 0 aliphatic heterocycles. The van der Waals surface area contributed by atoms with Crippen molar-refractivity contribution < 1.29 is 9.18 Å². The highest BCUT2D eigenvalue weighted by Gasteiger charge is 2.23. The zero-order valence-electron chi connectivity index (χ0n) is 10.2. The molecule has 0 radical (unpaired) electrons. The van der Waals surface area contributed by atoms with E-state index in [-0.39, 0.29) is 11.7 Å². The predicted octanol–water partition coefficient (Wildman–Crippen LogP) is 3.02. The van der Waals surface area contributed by atoms with Crippen LogP contribution in [0.3, 0.4) is 0 Å². The number of ketones is 1. The van der Waals surface area contributed by atoms with E-state index in [2.05, 4.69) is 0 Å². The second kappa shape index (κ2) is 5.30. The maximum Gasteiger partial charge on any atom is 0.155 e. The van der Waals surface area contributed by atoms with Crippen LogP contribution in [-0.2, 0) is 4.79 Å². The van der Waals surface area contributed by atoms with Gasteiger partial charge in [0.25, 0.3) is 0 Å². The number of hydrogen-bond donors (Lipinski definition) is 0. The van der Waals surface area contributed by atoms with E-state index >= 15 is 0 Å². The van der Waals surface area contributed by atoms with E-state index in [1.807, 2.05) is 11.9 Å². The highest BCUT2D eigenvalue weighted by Crippen LogP contribution is 2.26. The molecule has 1 aliphatic rings. The van der Waals surface area contributed by atoms with E-state index in [1.54, 1.807) is 12.1 Å². The first-order chi connectivity index (χ1) is 8.16. The topological polar surface area (TPSA) is 20.3 Å². The van der Waals surface area contributed by atoms with Gasteiger partial charge in [0.05, 0.1) is 6.54 Å². The van der Waals surface area contributed by atoms with Gasteiger partial charge in [-0.25, -0.2) is 4.39 Å². The Hall–Kier alpha value is -1.38. The normalized spacial score (nSPS) is 16.1. The van der Waals surface area contributed by atoms with Crippen LogP contribution in [0.15, 0.2) is 24.3 Å². The van der Waals surface area contributed by atoms with Crippen molar-refractivity contribution in [2.75, 3.05) is 18.5 Å². The van der Waals surface area contributed by atoms with Crippen molar-refractivity contribution in [2.24, 2.45) is 5.92 Å². The Morgan fingerprint density at radius 2 is 1.88 bits per heavy atom. The first-order valence-corrected chi connectivity index (χ1v) is 6.16. The molecule has 0 unspecified atom stereocenters. The lowest BCUT2D eigenvalue weighted by molar-refractivity contribution is -0.121. The molecule has 1 saturated carbocycles. The number of rotatable bonds is 4. The van der Waals surface area contributed by atoms with Crippen LogP contribution in [0.4, 0.5) is 10.1 Å². The molecule has 1 aromatic carbocycles. The number of carbonyl (C=O) groups is 1. The monoisotopic (exact) mass is 235 g/mol. The molecule has 92 valence electrons. The third kappa shape index (κ3) is 3.05. The molecule has 2 rings (SSSR count). The summed E-state index contributed by atoms with van der Waals surface area (Å²) in [7, 11) is 1.88. The van der Waals surface area contributed by atoms with Crippen molar-refractivity contribution in [3.05, 3.63) is 30.1 Å². The number of likely N-dealkylation sites (N-methyl/N-ethyl adjacent to an activating group) is 1. The summed E-state index contributed by atoms with van der Waals surface area (Å²) in [5.74, 6) is 0.316. The van der Waals surface area contributed by atoms with Crippen molar-refractivity contribution in [3.63, 3.8) is 0 Å². The van der Waals surface area contributed by atoms with Gasteiger partial charge in [-0.15, -0.1) is 0 Å². The highest BCUT2D eigenvalue weighted by molar-refractivity contribution is 5.85. The van der Waals surface area contributed by atoms with Gasteiger partial charge in [-0.2, -0.15) is 0 Å². The summed E-state index contributed by atoms with van der Waals surface area (Å²) < 4.78 is 12.8. The van der Waals surface area contributed by atoms with E-state index in [1.165, 1.54) is 25.0 Å². The molecule has 0 N–H and O–H groups in total. The zero-order valence-corrected chi connectivity index (χ0v) is 10.2. The van der Waals surface area contributed by atoms with Crippen LogP contribution >= 0.6 is 0 Å². The summed E-state index contributed by atoms with van der Waals surface area (Å²) in [6, 6.07) is 6.26.